The molecule has 0 radical (unpaired) electrons. The lowest BCUT2D eigenvalue weighted by Gasteiger charge is -2.22. The SMILES string of the molecule is CSCC(C)(O)CNCc1cc([N+](=O)[O-])ccc1Cl. The van der Waals surface area contributed by atoms with Crippen LogP contribution in [-0.4, -0.2) is 34.2 Å². The van der Waals surface area contributed by atoms with Gasteiger partial charge in [-0.2, -0.15) is 11.8 Å². The topological polar surface area (TPSA) is 75.4 Å². The van der Waals surface area contributed by atoms with Crippen molar-refractivity contribution in [1.82, 2.24) is 5.32 Å². The first kappa shape index (κ1) is 16.2. The van der Waals surface area contributed by atoms with Gasteiger partial charge in [0.1, 0.15) is 0 Å². The molecule has 0 aromatic heterocycles. The van der Waals surface area contributed by atoms with E-state index in [1.54, 1.807) is 18.7 Å². The maximum Gasteiger partial charge on any atom is 0.269 e. The smallest absolute Gasteiger partial charge is 0.269 e. The van der Waals surface area contributed by atoms with Crippen LogP contribution < -0.4 is 5.32 Å². The van der Waals surface area contributed by atoms with Gasteiger partial charge in [-0.1, -0.05) is 11.6 Å². The Balaban J connectivity index is 2.62. The number of hydrogen-bond acceptors (Lipinski definition) is 5. The van der Waals surface area contributed by atoms with Gasteiger partial charge in [0, 0.05) is 36.0 Å². The van der Waals surface area contributed by atoms with E-state index in [9.17, 15) is 15.2 Å². The molecule has 1 aromatic carbocycles. The molecule has 5 nitrogen and oxygen atoms in total. The zero-order valence-corrected chi connectivity index (χ0v) is 12.4. The predicted molar refractivity (Wildman–Crippen MR) is 78.8 cm³/mol. The summed E-state index contributed by atoms with van der Waals surface area (Å²) >= 11 is 7.54. The number of thioether (sulfide) groups is 1. The van der Waals surface area contributed by atoms with E-state index in [2.05, 4.69) is 5.32 Å². The average Bonchev–Trinajstić information content (AvgIpc) is 2.30. The minimum Gasteiger partial charge on any atom is -0.388 e. The summed E-state index contributed by atoms with van der Waals surface area (Å²) < 4.78 is 0. The molecule has 0 heterocycles. The molecule has 0 amide bonds. The average molecular weight is 305 g/mol. The van der Waals surface area contributed by atoms with Gasteiger partial charge in [-0.25, -0.2) is 0 Å². The van der Waals surface area contributed by atoms with Gasteiger partial charge in [0.15, 0.2) is 0 Å². The first-order valence-corrected chi connectivity index (χ1v) is 7.48. The van der Waals surface area contributed by atoms with Crippen LogP contribution in [0.2, 0.25) is 5.02 Å². The minimum atomic E-state index is -0.813. The Morgan fingerprint density at radius 1 is 1.58 bits per heavy atom. The highest BCUT2D eigenvalue weighted by Crippen LogP contribution is 2.22. The van der Waals surface area contributed by atoms with Crippen LogP contribution in [0.25, 0.3) is 0 Å². The molecule has 2 N–H and O–H groups in total. The Hall–Kier alpha value is -0.820. The second-order valence-corrected chi connectivity index (χ2v) is 5.84. The Morgan fingerprint density at radius 3 is 2.84 bits per heavy atom. The summed E-state index contributed by atoms with van der Waals surface area (Å²) in [6, 6.07) is 4.32. The number of hydrogen-bond donors (Lipinski definition) is 2. The second kappa shape index (κ2) is 7.09. The van der Waals surface area contributed by atoms with Crippen LogP contribution in [0.3, 0.4) is 0 Å². The van der Waals surface area contributed by atoms with Crippen LogP contribution in [0.5, 0.6) is 0 Å². The van der Waals surface area contributed by atoms with E-state index in [0.717, 1.165) is 0 Å². The first-order chi connectivity index (χ1) is 8.85. The van der Waals surface area contributed by atoms with Crippen molar-refractivity contribution in [3.63, 3.8) is 0 Å². The van der Waals surface area contributed by atoms with Crippen molar-refractivity contribution in [3.05, 3.63) is 38.9 Å². The quantitative estimate of drug-likeness (QED) is 0.598. The number of nitro groups is 1. The lowest BCUT2D eigenvalue weighted by molar-refractivity contribution is -0.384. The Labute approximate surface area is 121 Å². The highest BCUT2D eigenvalue weighted by molar-refractivity contribution is 7.98. The molecule has 0 aliphatic carbocycles. The van der Waals surface area contributed by atoms with Crippen molar-refractivity contribution in [2.75, 3.05) is 18.6 Å². The monoisotopic (exact) mass is 304 g/mol. The van der Waals surface area contributed by atoms with E-state index in [0.29, 0.717) is 29.4 Å². The standard InChI is InChI=1S/C12H17ClN2O3S/c1-12(16,8-19-2)7-14-6-9-5-10(15(17)18)3-4-11(9)13/h3-5,14,16H,6-8H2,1-2H3. The lowest BCUT2D eigenvalue weighted by Crippen LogP contribution is -2.39. The van der Waals surface area contributed by atoms with Crippen LogP contribution >= 0.6 is 23.4 Å². The number of non-ortho nitro benzene ring substituents is 1. The van der Waals surface area contributed by atoms with Crippen LogP contribution in [0.15, 0.2) is 18.2 Å². The van der Waals surface area contributed by atoms with Crippen LogP contribution in [0.1, 0.15) is 12.5 Å². The van der Waals surface area contributed by atoms with E-state index < -0.39 is 10.5 Å². The zero-order valence-electron chi connectivity index (χ0n) is 10.9. The van der Waals surface area contributed by atoms with E-state index in [4.69, 9.17) is 11.6 Å². The molecule has 106 valence electrons. The molecule has 0 aliphatic heterocycles. The molecule has 1 unspecified atom stereocenters. The molecule has 0 fully saturated rings. The number of nitrogens with zero attached hydrogens (tertiary/aromatic N) is 1. The summed E-state index contributed by atoms with van der Waals surface area (Å²) in [6.07, 6.45) is 1.92. The van der Waals surface area contributed by atoms with Gasteiger partial charge in [-0.05, 0) is 24.8 Å². The summed E-state index contributed by atoms with van der Waals surface area (Å²) in [7, 11) is 0. The van der Waals surface area contributed by atoms with Gasteiger partial charge in [-0.3, -0.25) is 10.1 Å². The normalized spacial score (nSPS) is 14.1. The van der Waals surface area contributed by atoms with E-state index in [1.165, 1.54) is 18.2 Å². The summed E-state index contributed by atoms with van der Waals surface area (Å²) in [5.41, 5.74) is -0.153. The molecule has 1 rings (SSSR count). The lowest BCUT2D eigenvalue weighted by atomic mass is 10.1. The molecule has 0 saturated carbocycles. The Bertz CT molecular complexity index is 455. The number of nitro benzene ring substituents is 1. The zero-order chi connectivity index (χ0) is 14.5. The number of halogens is 1. The third-order valence-corrected chi connectivity index (χ3v) is 3.80. The fraction of sp³-hybridized carbons (Fsp3) is 0.500. The van der Waals surface area contributed by atoms with Gasteiger partial charge in [0.2, 0.25) is 0 Å². The Kier molecular flexibility index (Phi) is 6.06. The molecule has 0 aliphatic rings. The maximum atomic E-state index is 10.7. The molecular weight excluding hydrogens is 288 g/mol. The second-order valence-electron chi connectivity index (χ2n) is 4.57. The Morgan fingerprint density at radius 2 is 2.26 bits per heavy atom. The van der Waals surface area contributed by atoms with E-state index in [-0.39, 0.29) is 5.69 Å². The highest BCUT2D eigenvalue weighted by Gasteiger charge is 2.19. The number of nitrogens with one attached hydrogen (secondary N) is 1. The molecule has 0 saturated heterocycles. The van der Waals surface area contributed by atoms with Crippen molar-refractivity contribution < 1.29 is 10.0 Å². The molecule has 19 heavy (non-hydrogen) atoms. The van der Waals surface area contributed by atoms with Gasteiger partial charge in [-0.15, -0.1) is 0 Å². The van der Waals surface area contributed by atoms with Crippen molar-refractivity contribution in [1.29, 1.82) is 0 Å². The van der Waals surface area contributed by atoms with Crippen LogP contribution in [0, 0.1) is 10.1 Å². The number of aliphatic hydroxyl groups is 1. The van der Waals surface area contributed by atoms with Crippen molar-refractivity contribution >= 4 is 29.1 Å². The van der Waals surface area contributed by atoms with Gasteiger partial charge < -0.3 is 10.4 Å². The fourth-order valence-corrected chi connectivity index (χ4v) is 2.55. The third kappa shape index (κ3) is 5.36. The first-order valence-electron chi connectivity index (χ1n) is 5.70. The van der Waals surface area contributed by atoms with Gasteiger partial charge in [0.05, 0.1) is 10.5 Å². The minimum absolute atomic E-state index is 0.0112. The van der Waals surface area contributed by atoms with E-state index in [1.807, 2.05) is 6.26 Å². The van der Waals surface area contributed by atoms with Crippen molar-refractivity contribution in [3.8, 4) is 0 Å². The maximum absolute atomic E-state index is 10.7. The third-order valence-electron chi connectivity index (χ3n) is 2.52. The number of benzene rings is 1. The summed E-state index contributed by atoms with van der Waals surface area (Å²) in [6.45, 7) is 2.52. The van der Waals surface area contributed by atoms with E-state index >= 15 is 0 Å². The highest BCUT2D eigenvalue weighted by atomic mass is 35.5. The molecule has 0 bridgehead atoms. The number of rotatable bonds is 7. The van der Waals surface area contributed by atoms with Crippen LogP contribution in [0.4, 0.5) is 5.69 Å². The molecule has 7 heteroatoms. The predicted octanol–water partition coefficient (Wildman–Crippen LogP) is 2.45. The fourth-order valence-electron chi connectivity index (χ4n) is 1.64. The summed E-state index contributed by atoms with van der Waals surface area (Å²) in [5.74, 6) is 0.614. The summed E-state index contributed by atoms with van der Waals surface area (Å²) in [4.78, 5) is 10.2. The molecule has 1 atom stereocenters. The van der Waals surface area contributed by atoms with Gasteiger partial charge in [0.25, 0.3) is 5.69 Å². The largest absolute Gasteiger partial charge is 0.388 e. The van der Waals surface area contributed by atoms with Crippen molar-refractivity contribution in [2.24, 2.45) is 0 Å². The van der Waals surface area contributed by atoms with Gasteiger partial charge >= 0.3 is 0 Å². The molecule has 1 aromatic rings. The van der Waals surface area contributed by atoms with Crippen molar-refractivity contribution in [2.45, 2.75) is 19.1 Å². The molecular formula is C12H17ClN2O3S. The summed E-state index contributed by atoms with van der Waals surface area (Å²) in [5, 5.41) is 24.2. The molecule has 0 spiro atoms. The van der Waals surface area contributed by atoms with Crippen LogP contribution in [-0.2, 0) is 6.54 Å².